The number of para-hydroxylation sites is 1. The first-order valence-corrected chi connectivity index (χ1v) is 11.5. The molecular weight excluding hydrogens is 440 g/mol. The normalized spacial score (nSPS) is 13.9. The molecule has 0 saturated carbocycles. The summed E-state index contributed by atoms with van der Waals surface area (Å²) < 4.78 is 10.9. The van der Waals surface area contributed by atoms with E-state index >= 15 is 0 Å². The maximum absolute atomic E-state index is 13.0. The Balaban J connectivity index is 1.50. The Morgan fingerprint density at radius 1 is 1.00 bits per heavy atom. The molecule has 0 bridgehead atoms. The van der Waals surface area contributed by atoms with Gasteiger partial charge in [-0.15, -0.1) is 11.3 Å². The first-order valence-electron chi connectivity index (χ1n) is 10.6. The van der Waals surface area contributed by atoms with Crippen molar-refractivity contribution in [1.29, 1.82) is 0 Å². The van der Waals surface area contributed by atoms with Crippen LogP contribution in [0.25, 0.3) is 10.6 Å². The Kier molecular flexibility index (Phi) is 6.55. The van der Waals surface area contributed by atoms with Crippen LogP contribution in [0, 0.1) is 5.92 Å². The van der Waals surface area contributed by atoms with Crippen LogP contribution in [0.2, 0.25) is 0 Å². The number of benzene rings is 2. The average molecular weight is 465 g/mol. The predicted molar refractivity (Wildman–Crippen MR) is 124 cm³/mol. The number of methoxy groups -OCH3 is 1. The summed E-state index contributed by atoms with van der Waals surface area (Å²) >= 11 is 1.42. The number of hydrogen-bond acceptors (Lipinski definition) is 7. The van der Waals surface area contributed by atoms with Gasteiger partial charge in [-0.1, -0.05) is 38.1 Å². The van der Waals surface area contributed by atoms with Crippen LogP contribution in [0.1, 0.15) is 46.7 Å². The van der Waals surface area contributed by atoms with Crippen molar-refractivity contribution in [3.8, 4) is 16.3 Å². The van der Waals surface area contributed by atoms with Gasteiger partial charge in [0.25, 0.3) is 11.8 Å². The van der Waals surface area contributed by atoms with Crippen molar-refractivity contribution in [1.82, 2.24) is 9.88 Å². The lowest BCUT2D eigenvalue weighted by Gasteiger charge is -2.25. The van der Waals surface area contributed by atoms with Crippen molar-refractivity contribution in [2.45, 2.75) is 32.9 Å². The summed E-state index contributed by atoms with van der Waals surface area (Å²) in [4.78, 5) is 44.4. The maximum Gasteiger partial charge on any atom is 0.329 e. The second-order valence-electron chi connectivity index (χ2n) is 8.12. The number of ether oxygens (including phenoxy) is 2. The lowest BCUT2D eigenvalue weighted by atomic mass is 10.0. The highest BCUT2D eigenvalue weighted by Crippen LogP contribution is 2.32. The van der Waals surface area contributed by atoms with E-state index in [0.29, 0.717) is 29.0 Å². The number of rotatable bonds is 8. The molecule has 1 atom stereocenters. The Bertz CT molecular complexity index is 1170. The zero-order chi connectivity index (χ0) is 23.5. The molecule has 3 aromatic rings. The molecule has 8 heteroatoms. The summed E-state index contributed by atoms with van der Waals surface area (Å²) in [5.41, 5.74) is 2.06. The Hall–Kier alpha value is -3.52. The number of aromatic nitrogens is 1. The lowest BCUT2D eigenvalue weighted by molar-refractivity contribution is -0.150. The van der Waals surface area contributed by atoms with Crippen molar-refractivity contribution in [2.24, 2.45) is 5.92 Å². The van der Waals surface area contributed by atoms with Gasteiger partial charge in [0, 0.05) is 5.38 Å². The van der Waals surface area contributed by atoms with Gasteiger partial charge in [-0.05, 0) is 36.6 Å². The van der Waals surface area contributed by atoms with Gasteiger partial charge < -0.3 is 9.47 Å². The molecule has 33 heavy (non-hydrogen) atoms. The molecule has 1 aromatic heterocycles. The van der Waals surface area contributed by atoms with Crippen LogP contribution in [0.15, 0.2) is 53.9 Å². The minimum atomic E-state index is -0.996. The van der Waals surface area contributed by atoms with Gasteiger partial charge in [-0.3, -0.25) is 14.5 Å². The molecular formula is C25H24N2O5S. The van der Waals surface area contributed by atoms with E-state index in [2.05, 4.69) is 4.98 Å². The standard InChI is InChI=1S/C25H24N2O5S/c1-15(2)12-20(27-23(28)17-8-4-5-9-18(17)24(27)29)25(30)32-13-16-14-33-22(26-16)19-10-6-7-11-21(19)31-3/h4-11,14-15,20H,12-13H2,1-3H3. The van der Waals surface area contributed by atoms with Crippen molar-refractivity contribution in [3.63, 3.8) is 0 Å². The summed E-state index contributed by atoms with van der Waals surface area (Å²) in [6, 6.07) is 13.2. The second kappa shape index (κ2) is 9.54. The van der Waals surface area contributed by atoms with E-state index in [4.69, 9.17) is 9.47 Å². The summed E-state index contributed by atoms with van der Waals surface area (Å²) in [6.45, 7) is 3.80. The molecule has 0 N–H and O–H groups in total. The van der Waals surface area contributed by atoms with Crippen molar-refractivity contribution in [2.75, 3.05) is 7.11 Å². The molecule has 0 spiro atoms. The smallest absolute Gasteiger partial charge is 0.329 e. The molecule has 2 aromatic carbocycles. The molecule has 2 amide bonds. The molecule has 170 valence electrons. The molecule has 0 radical (unpaired) electrons. The monoisotopic (exact) mass is 464 g/mol. The third-order valence-corrected chi connectivity index (χ3v) is 6.28. The van der Waals surface area contributed by atoms with Crippen molar-refractivity contribution in [3.05, 3.63) is 70.7 Å². The highest BCUT2D eigenvalue weighted by Gasteiger charge is 2.43. The van der Waals surface area contributed by atoms with Crippen LogP contribution < -0.4 is 4.74 Å². The predicted octanol–water partition coefficient (Wildman–Crippen LogP) is 4.57. The number of carbonyl (C=O) groups is 3. The van der Waals surface area contributed by atoms with Crippen LogP contribution in [0.3, 0.4) is 0 Å². The molecule has 1 aliphatic heterocycles. The van der Waals surface area contributed by atoms with E-state index in [1.807, 2.05) is 43.5 Å². The number of hydrogen-bond donors (Lipinski definition) is 0. The van der Waals surface area contributed by atoms with Gasteiger partial charge in [-0.25, -0.2) is 9.78 Å². The number of fused-ring (bicyclic) bond motifs is 1. The first kappa shape index (κ1) is 22.7. The summed E-state index contributed by atoms with van der Waals surface area (Å²) in [7, 11) is 1.60. The molecule has 2 heterocycles. The minimum absolute atomic E-state index is 0.0533. The van der Waals surface area contributed by atoms with E-state index in [-0.39, 0.29) is 12.5 Å². The molecule has 1 aliphatic rings. The van der Waals surface area contributed by atoms with Gasteiger partial charge >= 0.3 is 5.97 Å². The summed E-state index contributed by atoms with van der Waals surface area (Å²) in [5, 5.41) is 2.56. The van der Waals surface area contributed by atoms with E-state index in [9.17, 15) is 14.4 Å². The Morgan fingerprint density at radius 3 is 2.21 bits per heavy atom. The van der Waals surface area contributed by atoms with E-state index in [1.165, 1.54) is 11.3 Å². The van der Waals surface area contributed by atoms with Crippen LogP contribution in [-0.4, -0.2) is 40.8 Å². The van der Waals surface area contributed by atoms with E-state index in [0.717, 1.165) is 15.5 Å². The highest BCUT2D eigenvalue weighted by molar-refractivity contribution is 7.13. The molecule has 0 saturated heterocycles. The fourth-order valence-electron chi connectivity index (χ4n) is 3.80. The van der Waals surface area contributed by atoms with Crippen LogP contribution in [0.4, 0.5) is 0 Å². The molecule has 0 aliphatic carbocycles. The van der Waals surface area contributed by atoms with Gasteiger partial charge in [0.05, 0.1) is 29.5 Å². The van der Waals surface area contributed by atoms with Crippen molar-refractivity contribution < 1.29 is 23.9 Å². The minimum Gasteiger partial charge on any atom is -0.496 e. The fourth-order valence-corrected chi connectivity index (χ4v) is 4.64. The van der Waals surface area contributed by atoms with E-state index < -0.39 is 23.8 Å². The fraction of sp³-hybridized carbons (Fsp3) is 0.280. The van der Waals surface area contributed by atoms with Crippen LogP contribution in [-0.2, 0) is 16.1 Å². The largest absolute Gasteiger partial charge is 0.496 e. The van der Waals surface area contributed by atoms with Crippen LogP contribution in [0.5, 0.6) is 5.75 Å². The number of carbonyl (C=O) groups excluding carboxylic acids is 3. The Morgan fingerprint density at radius 2 is 1.61 bits per heavy atom. The number of amides is 2. The van der Waals surface area contributed by atoms with Gasteiger partial charge in [-0.2, -0.15) is 0 Å². The van der Waals surface area contributed by atoms with Crippen molar-refractivity contribution >= 4 is 29.1 Å². The highest BCUT2D eigenvalue weighted by atomic mass is 32.1. The third-order valence-electron chi connectivity index (χ3n) is 5.36. The Labute approximate surface area is 196 Å². The first-order chi connectivity index (χ1) is 15.9. The third kappa shape index (κ3) is 4.52. The zero-order valence-electron chi connectivity index (χ0n) is 18.6. The second-order valence-corrected chi connectivity index (χ2v) is 8.98. The summed E-state index contributed by atoms with van der Waals surface area (Å²) in [6.07, 6.45) is 0.313. The lowest BCUT2D eigenvalue weighted by Crippen LogP contribution is -2.46. The number of nitrogens with zero attached hydrogens (tertiary/aromatic N) is 2. The SMILES string of the molecule is COc1ccccc1-c1nc(COC(=O)C(CC(C)C)N2C(=O)c3ccccc3C2=O)cs1. The average Bonchev–Trinajstić information content (AvgIpc) is 3.39. The van der Waals surface area contributed by atoms with E-state index in [1.54, 1.807) is 31.4 Å². The molecule has 4 rings (SSSR count). The quantitative estimate of drug-likeness (QED) is 0.359. The topological polar surface area (TPSA) is 85.8 Å². The molecule has 0 fully saturated rings. The number of esters is 1. The maximum atomic E-state index is 13.0. The zero-order valence-corrected chi connectivity index (χ0v) is 19.4. The molecule has 7 nitrogen and oxygen atoms in total. The number of imide groups is 1. The van der Waals surface area contributed by atoms with Crippen LogP contribution >= 0.6 is 11.3 Å². The summed E-state index contributed by atoms with van der Waals surface area (Å²) in [5.74, 6) is -0.776. The van der Waals surface area contributed by atoms with Gasteiger partial charge in [0.2, 0.25) is 0 Å². The van der Waals surface area contributed by atoms with Gasteiger partial charge in [0.15, 0.2) is 0 Å². The number of thiazole rings is 1. The molecule has 1 unspecified atom stereocenters. The van der Waals surface area contributed by atoms with Gasteiger partial charge in [0.1, 0.15) is 23.4 Å².